The SMILES string of the molecule is C[C@H]1CC[C@H]2C(C)(C)[C@@H](O)[C@@H](O)C[C@]23Oc2c(c(OCc4ccccc4)cc4c2CNC4=O)C[C@]13C. The summed E-state index contributed by atoms with van der Waals surface area (Å²) in [5.41, 5.74) is 2.15. The number of rotatable bonds is 3. The molecule has 0 bridgehead atoms. The molecule has 6 nitrogen and oxygen atoms in total. The van der Waals surface area contributed by atoms with Crippen molar-refractivity contribution in [2.24, 2.45) is 22.7 Å². The third kappa shape index (κ3) is 3.13. The lowest BCUT2D eigenvalue weighted by Crippen LogP contribution is -2.73. The van der Waals surface area contributed by atoms with E-state index in [4.69, 9.17) is 9.47 Å². The molecule has 0 saturated heterocycles. The van der Waals surface area contributed by atoms with E-state index >= 15 is 0 Å². The van der Waals surface area contributed by atoms with Gasteiger partial charge in [-0.1, -0.05) is 58.0 Å². The van der Waals surface area contributed by atoms with E-state index in [0.717, 1.165) is 41.7 Å². The monoisotopic (exact) mass is 491 g/mol. The minimum Gasteiger partial charge on any atom is -0.488 e. The molecule has 2 heterocycles. The van der Waals surface area contributed by atoms with Gasteiger partial charge in [-0.3, -0.25) is 4.79 Å². The Labute approximate surface area is 213 Å². The number of fused-ring (bicyclic) bond motifs is 3. The molecule has 2 aliphatic heterocycles. The van der Waals surface area contributed by atoms with Gasteiger partial charge in [0.25, 0.3) is 5.91 Å². The van der Waals surface area contributed by atoms with Gasteiger partial charge in [0.2, 0.25) is 0 Å². The zero-order valence-electron chi connectivity index (χ0n) is 21.6. The maximum atomic E-state index is 12.8. The van der Waals surface area contributed by atoms with Crippen LogP contribution in [0.1, 0.15) is 74.0 Å². The standard InChI is InChI=1S/C30H37NO5/c1-17-10-11-24-28(2,3)26(33)22(32)14-30(24)29(17,4)13-20-23(35-16-18-8-6-5-7-9-18)12-19-21(25(20)36-30)15-31-27(19)34/h5-9,12,17,22,24,26,32-33H,10-11,13-16H2,1-4H3,(H,31,34)/t17-,22-,24-,26-,29+,30-/m0/s1. The molecule has 3 N–H and O–H groups in total. The summed E-state index contributed by atoms with van der Waals surface area (Å²) in [6.45, 7) is 9.56. The van der Waals surface area contributed by atoms with Gasteiger partial charge in [0, 0.05) is 35.4 Å². The molecule has 6 rings (SSSR count). The molecule has 36 heavy (non-hydrogen) atoms. The number of nitrogens with one attached hydrogen (secondary N) is 1. The summed E-state index contributed by atoms with van der Waals surface area (Å²) in [4.78, 5) is 12.8. The summed E-state index contributed by atoms with van der Waals surface area (Å²) in [6.07, 6.45) is 1.43. The van der Waals surface area contributed by atoms with Crippen molar-refractivity contribution in [1.82, 2.24) is 5.32 Å². The number of ether oxygens (including phenoxy) is 2. The minimum absolute atomic E-state index is 0.0763. The molecule has 6 heteroatoms. The normalized spacial score (nSPS) is 36.0. The van der Waals surface area contributed by atoms with Crippen LogP contribution in [0.15, 0.2) is 36.4 Å². The zero-order valence-corrected chi connectivity index (χ0v) is 21.6. The second-order valence-electron chi connectivity index (χ2n) is 12.3. The first kappa shape index (κ1) is 23.8. The maximum Gasteiger partial charge on any atom is 0.252 e. The second-order valence-corrected chi connectivity index (χ2v) is 12.3. The predicted octanol–water partition coefficient (Wildman–Crippen LogP) is 4.39. The van der Waals surface area contributed by atoms with Gasteiger partial charge in [-0.2, -0.15) is 0 Å². The van der Waals surface area contributed by atoms with Crippen LogP contribution < -0.4 is 14.8 Å². The molecule has 1 spiro atoms. The van der Waals surface area contributed by atoms with Crippen LogP contribution in [0.3, 0.4) is 0 Å². The molecular formula is C30H37NO5. The molecule has 6 atom stereocenters. The van der Waals surface area contributed by atoms with E-state index in [-0.39, 0.29) is 17.2 Å². The lowest BCUT2D eigenvalue weighted by molar-refractivity contribution is -0.260. The van der Waals surface area contributed by atoms with E-state index in [0.29, 0.717) is 36.8 Å². The van der Waals surface area contributed by atoms with Crippen LogP contribution >= 0.6 is 0 Å². The maximum absolute atomic E-state index is 12.8. The Hall–Kier alpha value is -2.57. The largest absolute Gasteiger partial charge is 0.488 e. The Morgan fingerprint density at radius 3 is 2.61 bits per heavy atom. The highest BCUT2D eigenvalue weighted by molar-refractivity contribution is 6.00. The number of hydrogen-bond donors (Lipinski definition) is 3. The van der Waals surface area contributed by atoms with Crippen molar-refractivity contribution in [3.63, 3.8) is 0 Å². The van der Waals surface area contributed by atoms with Crippen molar-refractivity contribution >= 4 is 5.91 Å². The van der Waals surface area contributed by atoms with Crippen LogP contribution in [0.2, 0.25) is 0 Å². The third-order valence-corrected chi connectivity index (χ3v) is 10.2. The van der Waals surface area contributed by atoms with Crippen LogP contribution in [-0.2, 0) is 19.6 Å². The molecule has 2 aromatic carbocycles. The summed E-state index contributed by atoms with van der Waals surface area (Å²) in [5.74, 6) is 1.76. The van der Waals surface area contributed by atoms with Crippen molar-refractivity contribution in [2.45, 2.75) is 84.3 Å². The van der Waals surface area contributed by atoms with Crippen molar-refractivity contribution in [3.8, 4) is 11.5 Å². The van der Waals surface area contributed by atoms with Crippen molar-refractivity contribution in [3.05, 3.63) is 58.7 Å². The Morgan fingerprint density at radius 2 is 1.86 bits per heavy atom. The minimum atomic E-state index is -0.868. The summed E-state index contributed by atoms with van der Waals surface area (Å²) in [7, 11) is 0. The van der Waals surface area contributed by atoms with E-state index in [1.54, 1.807) is 0 Å². The van der Waals surface area contributed by atoms with E-state index in [2.05, 4.69) is 33.0 Å². The van der Waals surface area contributed by atoms with Gasteiger partial charge < -0.3 is 25.0 Å². The molecule has 1 amide bonds. The van der Waals surface area contributed by atoms with Crippen LogP contribution in [0.4, 0.5) is 0 Å². The third-order valence-electron chi connectivity index (χ3n) is 10.2. The Balaban J connectivity index is 1.50. The first-order valence-electron chi connectivity index (χ1n) is 13.3. The average molecular weight is 492 g/mol. The smallest absolute Gasteiger partial charge is 0.252 e. The Kier molecular flexibility index (Phi) is 5.27. The summed E-state index contributed by atoms with van der Waals surface area (Å²) >= 11 is 0. The quantitative estimate of drug-likeness (QED) is 0.593. The number of carbonyl (C=O) groups is 1. The van der Waals surface area contributed by atoms with Gasteiger partial charge in [0.1, 0.15) is 23.7 Å². The van der Waals surface area contributed by atoms with E-state index in [1.165, 1.54) is 0 Å². The summed E-state index contributed by atoms with van der Waals surface area (Å²) in [6, 6.07) is 11.9. The molecule has 0 aromatic heterocycles. The molecular weight excluding hydrogens is 454 g/mol. The molecule has 4 aliphatic rings. The number of aliphatic hydroxyl groups is 2. The molecule has 0 radical (unpaired) electrons. The number of hydrogen-bond acceptors (Lipinski definition) is 5. The van der Waals surface area contributed by atoms with Crippen molar-refractivity contribution in [1.29, 1.82) is 0 Å². The molecule has 2 saturated carbocycles. The molecule has 0 unspecified atom stereocenters. The fourth-order valence-electron chi connectivity index (χ4n) is 7.88. The highest BCUT2D eigenvalue weighted by Gasteiger charge is 2.69. The van der Waals surface area contributed by atoms with Crippen LogP contribution in [0.25, 0.3) is 0 Å². The lowest BCUT2D eigenvalue weighted by atomic mass is 9.43. The van der Waals surface area contributed by atoms with Gasteiger partial charge in [-0.25, -0.2) is 0 Å². The van der Waals surface area contributed by atoms with Crippen LogP contribution in [0, 0.1) is 22.7 Å². The number of carbonyl (C=O) groups excluding carboxylic acids is 1. The summed E-state index contributed by atoms with van der Waals surface area (Å²) < 4.78 is 13.6. The fraction of sp³-hybridized carbons (Fsp3) is 0.567. The van der Waals surface area contributed by atoms with Gasteiger partial charge >= 0.3 is 0 Å². The topological polar surface area (TPSA) is 88.0 Å². The number of aliphatic hydroxyl groups excluding tert-OH is 2. The zero-order chi connectivity index (χ0) is 25.5. The molecule has 2 fully saturated rings. The van der Waals surface area contributed by atoms with E-state index < -0.39 is 23.2 Å². The average Bonchev–Trinajstić information content (AvgIpc) is 3.22. The second kappa shape index (κ2) is 7.96. The lowest BCUT2D eigenvalue weighted by Gasteiger charge is -2.67. The molecule has 192 valence electrons. The number of amides is 1. The van der Waals surface area contributed by atoms with Crippen LogP contribution in [0.5, 0.6) is 11.5 Å². The number of benzene rings is 2. The van der Waals surface area contributed by atoms with E-state index in [1.807, 2.05) is 36.4 Å². The first-order chi connectivity index (χ1) is 17.1. The van der Waals surface area contributed by atoms with Gasteiger partial charge in [-0.05, 0) is 42.2 Å². The fourth-order valence-corrected chi connectivity index (χ4v) is 7.88. The highest BCUT2D eigenvalue weighted by atomic mass is 16.5. The van der Waals surface area contributed by atoms with Crippen molar-refractivity contribution in [2.75, 3.05) is 0 Å². The Bertz CT molecular complexity index is 1210. The highest BCUT2D eigenvalue weighted by Crippen LogP contribution is 2.67. The Morgan fingerprint density at radius 1 is 1.11 bits per heavy atom. The van der Waals surface area contributed by atoms with E-state index in [9.17, 15) is 15.0 Å². The van der Waals surface area contributed by atoms with Gasteiger partial charge in [0.15, 0.2) is 0 Å². The van der Waals surface area contributed by atoms with Gasteiger partial charge in [-0.15, -0.1) is 0 Å². The van der Waals surface area contributed by atoms with Gasteiger partial charge in [0.05, 0.1) is 17.8 Å². The molecule has 2 aliphatic carbocycles. The summed E-state index contributed by atoms with van der Waals surface area (Å²) in [5, 5.41) is 25.1. The predicted molar refractivity (Wildman–Crippen MR) is 136 cm³/mol. The first-order valence-corrected chi connectivity index (χ1v) is 13.3. The van der Waals surface area contributed by atoms with Crippen molar-refractivity contribution < 1.29 is 24.5 Å². The molecule has 2 aromatic rings. The van der Waals surface area contributed by atoms with Crippen LogP contribution in [-0.4, -0.2) is 33.9 Å².